The molecule has 1 amide bonds. The molecule has 5 nitrogen and oxygen atoms in total. The molecule has 0 aromatic heterocycles. The summed E-state index contributed by atoms with van der Waals surface area (Å²) in [6, 6.07) is 9.23. The third kappa shape index (κ3) is 5.60. The number of sulfonamides is 1. The first-order chi connectivity index (χ1) is 14.0. The zero-order valence-corrected chi connectivity index (χ0v) is 17.9. The van der Waals surface area contributed by atoms with Gasteiger partial charge in [-0.1, -0.05) is 32.0 Å². The minimum Gasteiger partial charge on any atom is -0.352 e. The van der Waals surface area contributed by atoms with Crippen molar-refractivity contribution in [2.24, 2.45) is 0 Å². The molecule has 0 saturated carbocycles. The Morgan fingerprint density at radius 3 is 2.17 bits per heavy atom. The summed E-state index contributed by atoms with van der Waals surface area (Å²) in [6.07, 6.45) is -4.04. The molecule has 0 aliphatic rings. The summed E-state index contributed by atoms with van der Waals surface area (Å²) in [5.74, 6) is -0.446. The largest absolute Gasteiger partial charge is 0.416 e. The van der Waals surface area contributed by atoms with Gasteiger partial charge in [-0.05, 0) is 48.7 Å². The van der Waals surface area contributed by atoms with Gasteiger partial charge in [-0.2, -0.15) is 17.5 Å². The van der Waals surface area contributed by atoms with Crippen LogP contribution in [-0.4, -0.2) is 38.3 Å². The van der Waals surface area contributed by atoms with Crippen molar-refractivity contribution in [1.29, 1.82) is 0 Å². The molecule has 30 heavy (non-hydrogen) atoms. The molecule has 0 saturated heterocycles. The van der Waals surface area contributed by atoms with Crippen molar-refractivity contribution in [1.82, 2.24) is 9.62 Å². The van der Waals surface area contributed by atoms with Crippen LogP contribution in [0.3, 0.4) is 0 Å². The number of nitrogens with zero attached hydrogens (tertiary/aromatic N) is 1. The first-order valence-electron chi connectivity index (χ1n) is 9.55. The second-order valence-electron chi connectivity index (χ2n) is 6.77. The van der Waals surface area contributed by atoms with E-state index in [2.05, 4.69) is 5.32 Å². The van der Waals surface area contributed by atoms with E-state index >= 15 is 0 Å². The molecule has 2 aromatic rings. The van der Waals surface area contributed by atoms with Crippen molar-refractivity contribution in [3.05, 3.63) is 64.7 Å². The van der Waals surface area contributed by atoms with E-state index in [1.54, 1.807) is 32.9 Å². The van der Waals surface area contributed by atoms with Crippen molar-refractivity contribution < 1.29 is 26.4 Å². The molecular formula is C21H25F3N2O3S. The Labute approximate surface area is 175 Å². The quantitative estimate of drug-likeness (QED) is 0.672. The Balaban J connectivity index is 2.07. The van der Waals surface area contributed by atoms with Crippen molar-refractivity contribution in [3.8, 4) is 0 Å². The van der Waals surface area contributed by atoms with Crippen molar-refractivity contribution in [2.45, 2.75) is 38.3 Å². The Kier molecular flexibility index (Phi) is 7.65. The average molecular weight is 443 g/mol. The van der Waals surface area contributed by atoms with Crippen LogP contribution in [0.2, 0.25) is 0 Å². The number of benzene rings is 2. The van der Waals surface area contributed by atoms with Crippen LogP contribution in [0.25, 0.3) is 0 Å². The second kappa shape index (κ2) is 9.61. The molecule has 1 N–H and O–H groups in total. The van der Waals surface area contributed by atoms with E-state index in [0.29, 0.717) is 30.6 Å². The maximum atomic E-state index is 12.8. The Morgan fingerprint density at radius 2 is 1.63 bits per heavy atom. The molecule has 0 atom stereocenters. The maximum absolute atomic E-state index is 12.8. The van der Waals surface area contributed by atoms with Crippen LogP contribution in [0.1, 0.15) is 40.9 Å². The van der Waals surface area contributed by atoms with E-state index in [-0.39, 0.29) is 17.0 Å². The van der Waals surface area contributed by atoms with Crippen LogP contribution in [0.5, 0.6) is 0 Å². The van der Waals surface area contributed by atoms with Gasteiger partial charge in [0.2, 0.25) is 10.0 Å². The van der Waals surface area contributed by atoms with E-state index in [9.17, 15) is 26.4 Å². The number of hydrogen-bond acceptors (Lipinski definition) is 3. The van der Waals surface area contributed by atoms with E-state index in [1.807, 2.05) is 0 Å². The van der Waals surface area contributed by atoms with Crippen LogP contribution in [-0.2, 0) is 22.6 Å². The Bertz CT molecular complexity index is 984. The highest BCUT2D eigenvalue weighted by Crippen LogP contribution is 2.29. The van der Waals surface area contributed by atoms with Gasteiger partial charge in [0, 0.05) is 25.2 Å². The highest BCUT2D eigenvalue weighted by atomic mass is 32.2. The van der Waals surface area contributed by atoms with Gasteiger partial charge in [0.1, 0.15) is 0 Å². The number of nitrogens with one attached hydrogen (secondary N) is 1. The molecular weight excluding hydrogens is 417 g/mol. The summed E-state index contributed by atoms with van der Waals surface area (Å²) in [4.78, 5) is 12.5. The Morgan fingerprint density at radius 1 is 1.03 bits per heavy atom. The standard InChI is InChI=1S/C21H25F3N2O3S/c1-4-26(5-2)30(28,29)19-14-17(9-6-15(19)3)20(27)25-13-12-16-7-10-18(11-8-16)21(22,23)24/h6-11,14H,4-5,12-13H2,1-3H3,(H,25,27). The fraction of sp³-hybridized carbons (Fsp3) is 0.381. The summed E-state index contributed by atoms with van der Waals surface area (Å²) in [5.41, 5.74) is 0.677. The van der Waals surface area contributed by atoms with Crippen LogP contribution in [0, 0.1) is 6.92 Å². The number of halogens is 3. The first-order valence-corrected chi connectivity index (χ1v) is 11.0. The van der Waals surface area contributed by atoms with Gasteiger partial charge in [0.05, 0.1) is 10.5 Å². The summed E-state index contributed by atoms with van der Waals surface area (Å²) in [5, 5.41) is 2.68. The topological polar surface area (TPSA) is 66.5 Å². The predicted molar refractivity (Wildman–Crippen MR) is 109 cm³/mol. The summed E-state index contributed by atoms with van der Waals surface area (Å²) in [7, 11) is -3.71. The minimum absolute atomic E-state index is 0.0848. The van der Waals surface area contributed by atoms with Crippen LogP contribution >= 0.6 is 0 Å². The summed E-state index contributed by atoms with van der Waals surface area (Å²) in [6.45, 7) is 6.00. The summed E-state index contributed by atoms with van der Waals surface area (Å²) >= 11 is 0. The number of aryl methyl sites for hydroxylation is 1. The zero-order chi connectivity index (χ0) is 22.5. The third-order valence-corrected chi connectivity index (χ3v) is 6.95. The van der Waals surface area contributed by atoms with Gasteiger partial charge in [-0.15, -0.1) is 0 Å². The van der Waals surface area contributed by atoms with Gasteiger partial charge < -0.3 is 5.32 Å². The van der Waals surface area contributed by atoms with Crippen LogP contribution in [0.15, 0.2) is 47.4 Å². The van der Waals surface area contributed by atoms with Gasteiger partial charge in [-0.3, -0.25) is 4.79 Å². The lowest BCUT2D eigenvalue weighted by molar-refractivity contribution is -0.137. The molecule has 0 spiro atoms. The molecule has 2 rings (SSSR count). The average Bonchev–Trinajstić information content (AvgIpc) is 2.68. The molecule has 9 heteroatoms. The molecule has 0 fully saturated rings. The van der Waals surface area contributed by atoms with E-state index < -0.39 is 27.7 Å². The lowest BCUT2D eigenvalue weighted by Crippen LogP contribution is -2.31. The lowest BCUT2D eigenvalue weighted by Gasteiger charge is -2.20. The number of hydrogen-bond donors (Lipinski definition) is 1. The first kappa shape index (κ1) is 23.9. The highest BCUT2D eigenvalue weighted by molar-refractivity contribution is 7.89. The molecule has 0 unspecified atom stereocenters. The molecule has 0 radical (unpaired) electrons. The molecule has 0 aliphatic heterocycles. The molecule has 164 valence electrons. The number of carbonyl (C=O) groups is 1. The second-order valence-corrected chi connectivity index (χ2v) is 8.68. The monoisotopic (exact) mass is 442 g/mol. The van der Waals surface area contributed by atoms with Gasteiger partial charge in [0.15, 0.2) is 0 Å². The normalized spacial score (nSPS) is 12.2. The fourth-order valence-corrected chi connectivity index (χ4v) is 4.71. The molecule has 0 aliphatic carbocycles. The van der Waals surface area contributed by atoms with Crippen LogP contribution in [0.4, 0.5) is 13.2 Å². The van der Waals surface area contributed by atoms with Gasteiger partial charge in [0.25, 0.3) is 5.91 Å². The van der Waals surface area contributed by atoms with Crippen molar-refractivity contribution in [2.75, 3.05) is 19.6 Å². The van der Waals surface area contributed by atoms with Crippen molar-refractivity contribution in [3.63, 3.8) is 0 Å². The minimum atomic E-state index is -4.39. The lowest BCUT2D eigenvalue weighted by atomic mass is 10.1. The number of amides is 1. The third-order valence-electron chi connectivity index (χ3n) is 4.75. The van der Waals surface area contributed by atoms with Crippen molar-refractivity contribution >= 4 is 15.9 Å². The smallest absolute Gasteiger partial charge is 0.352 e. The number of alkyl halides is 3. The van der Waals surface area contributed by atoms with E-state index in [4.69, 9.17) is 0 Å². The summed E-state index contributed by atoms with van der Waals surface area (Å²) < 4.78 is 64.7. The maximum Gasteiger partial charge on any atom is 0.416 e. The number of rotatable bonds is 8. The predicted octanol–water partition coefficient (Wildman–Crippen LogP) is 4.02. The Hall–Kier alpha value is -2.39. The molecule has 0 heterocycles. The molecule has 2 aromatic carbocycles. The van der Waals surface area contributed by atoms with E-state index in [0.717, 1.165) is 12.1 Å². The van der Waals surface area contributed by atoms with E-state index in [1.165, 1.54) is 22.5 Å². The number of carbonyl (C=O) groups excluding carboxylic acids is 1. The zero-order valence-electron chi connectivity index (χ0n) is 17.1. The SMILES string of the molecule is CCN(CC)S(=O)(=O)c1cc(C(=O)NCCc2ccc(C(F)(F)F)cc2)ccc1C. The van der Waals surface area contributed by atoms with Gasteiger partial charge in [-0.25, -0.2) is 8.42 Å². The van der Waals surface area contributed by atoms with Crippen LogP contribution < -0.4 is 5.32 Å². The highest BCUT2D eigenvalue weighted by Gasteiger charge is 2.30. The molecule has 0 bridgehead atoms. The fourth-order valence-electron chi connectivity index (χ4n) is 3.00. The van der Waals surface area contributed by atoms with Gasteiger partial charge >= 0.3 is 6.18 Å².